The number of hydrogen-bond acceptors (Lipinski definition) is 4. The van der Waals surface area contributed by atoms with Crippen LogP contribution in [-0.4, -0.2) is 51.7 Å². The fourth-order valence-corrected chi connectivity index (χ4v) is 2.42. The van der Waals surface area contributed by atoms with Gasteiger partial charge < -0.3 is 19.5 Å². The highest BCUT2D eigenvalue weighted by molar-refractivity contribution is 4.84. The van der Waals surface area contributed by atoms with Gasteiger partial charge in [0.25, 0.3) is 0 Å². The fraction of sp³-hybridized carbons (Fsp3) is 1.00. The van der Waals surface area contributed by atoms with E-state index >= 15 is 0 Å². The molecule has 1 aliphatic rings. The number of hydrogen-bond donors (Lipinski definition) is 1. The van der Waals surface area contributed by atoms with E-state index in [1.807, 2.05) is 0 Å². The molecule has 108 valence electrons. The van der Waals surface area contributed by atoms with Crippen LogP contribution < -0.4 is 5.32 Å². The molecule has 4 heteroatoms. The second-order valence-electron chi connectivity index (χ2n) is 5.03. The zero-order chi connectivity index (χ0) is 13.2. The van der Waals surface area contributed by atoms with Gasteiger partial charge in [0.1, 0.15) is 0 Å². The Morgan fingerprint density at radius 2 is 1.94 bits per heavy atom. The summed E-state index contributed by atoms with van der Waals surface area (Å²) < 4.78 is 16.4. The summed E-state index contributed by atoms with van der Waals surface area (Å²) in [7, 11) is 1.71. The Morgan fingerprint density at radius 3 is 2.67 bits per heavy atom. The summed E-state index contributed by atoms with van der Waals surface area (Å²) in [5.41, 5.74) is 0. The summed E-state index contributed by atoms with van der Waals surface area (Å²) in [5, 5.41) is 3.60. The standard InChI is InChI=1S/C14H29NO3/c1-4-13-14(7-6-12(2)15-13)18-11-10-17-9-5-8-16-3/h12-15H,4-11H2,1-3H3. The summed E-state index contributed by atoms with van der Waals surface area (Å²) in [6.45, 7) is 7.37. The summed E-state index contributed by atoms with van der Waals surface area (Å²) >= 11 is 0. The van der Waals surface area contributed by atoms with Crippen LogP contribution in [0.2, 0.25) is 0 Å². The summed E-state index contributed by atoms with van der Waals surface area (Å²) in [6.07, 6.45) is 4.81. The first-order chi connectivity index (χ1) is 8.77. The van der Waals surface area contributed by atoms with Gasteiger partial charge in [-0.25, -0.2) is 0 Å². The number of piperidine rings is 1. The lowest BCUT2D eigenvalue weighted by Crippen LogP contribution is -2.50. The first-order valence-electron chi connectivity index (χ1n) is 7.22. The minimum absolute atomic E-state index is 0.355. The van der Waals surface area contributed by atoms with Crippen LogP contribution in [0.15, 0.2) is 0 Å². The van der Waals surface area contributed by atoms with Gasteiger partial charge in [0.15, 0.2) is 0 Å². The largest absolute Gasteiger partial charge is 0.385 e. The smallest absolute Gasteiger partial charge is 0.0729 e. The first-order valence-corrected chi connectivity index (χ1v) is 7.22. The molecular formula is C14H29NO3. The third kappa shape index (κ3) is 6.14. The third-order valence-corrected chi connectivity index (χ3v) is 3.47. The van der Waals surface area contributed by atoms with Gasteiger partial charge in [-0.2, -0.15) is 0 Å². The average molecular weight is 259 g/mol. The van der Waals surface area contributed by atoms with Gasteiger partial charge in [0, 0.05) is 32.4 Å². The van der Waals surface area contributed by atoms with Gasteiger partial charge >= 0.3 is 0 Å². The second-order valence-corrected chi connectivity index (χ2v) is 5.03. The molecule has 1 fully saturated rings. The Hall–Kier alpha value is -0.160. The Morgan fingerprint density at radius 1 is 1.11 bits per heavy atom. The van der Waals surface area contributed by atoms with Gasteiger partial charge in [-0.1, -0.05) is 6.92 Å². The van der Waals surface area contributed by atoms with Crippen molar-refractivity contribution in [3.63, 3.8) is 0 Å². The molecule has 0 radical (unpaired) electrons. The molecule has 0 bridgehead atoms. The van der Waals surface area contributed by atoms with E-state index in [0.717, 1.165) is 32.5 Å². The summed E-state index contributed by atoms with van der Waals surface area (Å²) in [6, 6.07) is 1.13. The van der Waals surface area contributed by atoms with E-state index in [0.29, 0.717) is 31.4 Å². The van der Waals surface area contributed by atoms with Crippen molar-refractivity contribution < 1.29 is 14.2 Å². The van der Waals surface area contributed by atoms with E-state index < -0.39 is 0 Å². The van der Waals surface area contributed by atoms with Crippen LogP contribution in [0.3, 0.4) is 0 Å². The Labute approximate surface area is 111 Å². The summed E-state index contributed by atoms with van der Waals surface area (Å²) in [5.74, 6) is 0. The van der Waals surface area contributed by atoms with E-state index in [1.54, 1.807) is 7.11 Å². The van der Waals surface area contributed by atoms with Gasteiger partial charge in [-0.3, -0.25) is 0 Å². The molecule has 0 aromatic heterocycles. The Kier molecular flexibility index (Phi) is 8.59. The van der Waals surface area contributed by atoms with Crippen LogP contribution in [-0.2, 0) is 14.2 Å². The molecule has 1 saturated heterocycles. The molecule has 4 nitrogen and oxygen atoms in total. The van der Waals surface area contributed by atoms with Crippen LogP contribution in [0, 0.1) is 0 Å². The van der Waals surface area contributed by atoms with Crippen LogP contribution in [0.4, 0.5) is 0 Å². The minimum Gasteiger partial charge on any atom is -0.385 e. The molecule has 3 atom stereocenters. The molecule has 0 spiro atoms. The normalized spacial score (nSPS) is 28.5. The van der Waals surface area contributed by atoms with Crippen molar-refractivity contribution in [3.8, 4) is 0 Å². The van der Waals surface area contributed by atoms with Crippen molar-refractivity contribution >= 4 is 0 Å². The van der Waals surface area contributed by atoms with Crippen molar-refractivity contribution in [2.45, 2.75) is 57.7 Å². The molecule has 1 N–H and O–H groups in total. The SMILES string of the molecule is CCC1NC(C)CCC1OCCOCCCOC. The zero-order valence-electron chi connectivity index (χ0n) is 12.1. The molecule has 1 heterocycles. The molecule has 0 aromatic rings. The van der Waals surface area contributed by atoms with Crippen LogP contribution in [0.5, 0.6) is 0 Å². The highest BCUT2D eigenvalue weighted by Crippen LogP contribution is 2.18. The predicted molar refractivity (Wildman–Crippen MR) is 73.0 cm³/mol. The highest BCUT2D eigenvalue weighted by Gasteiger charge is 2.26. The lowest BCUT2D eigenvalue weighted by molar-refractivity contribution is -0.0308. The maximum absolute atomic E-state index is 5.92. The van der Waals surface area contributed by atoms with E-state index in [-0.39, 0.29) is 0 Å². The molecule has 1 rings (SSSR count). The Bertz CT molecular complexity index is 201. The molecule has 18 heavy (non-hydrogen) atoms. The third-order valence-electron chi connectivity index (χ3n) is 3.47. The highest BCUT2D eigenvalue weighted by atomic mass is 16.5. The molecule has 0 amide bonds. The van der Waals surface area contributed by atoms with Crippen LogP contribution >= 0.6 is 0 Å². The van der Waals surface area contributed by atoms with E-state index in [2.05, 4.69) is 19.2 Å². The number of rotatable bonds is 9. The second kappa shape index (κ2) is 9.73. The van der Waals surface area contributed by atoms with Crippen molar-refractivity contribution in [2.75, 3.05) is 33.5 Å². The average Bonchev–Trinajstić information content (AvgIpc) is 2.39. The number of methoxy groups -OCH3 is 1. The monoisotopic (exact) mass is 259 g/mol. The van der Waals surface area contributed by atoms with Crippen LogP contribution in [0.25, 0.3) is 0 Å². The topological polar surface area (TPSA) is 39.7 Å². The van der Waals surface area contributed by atoms with Gasteiger partial charge in [0.2, 0.25) is 0 Å². The van der Waals surface area contributed by atoms with E-state index in [1.165, 1.54) is 6.42 Å². The van der Waals surface area contributed by atoms with Crippen molar-refractivity contribution in [3.05, 3.63) is 0 Å². The fourth-order valence-electron chi connectivity index (χ4n) is 2.42. The van der Waals surface area contributed by atoms with E-state index in [4.69, 9.17) is 14.2 Å². The lowest BCUT2D eigenvalue weighted by atomic mass is 9.95. The van der Waals surface area contributed by atoms with Gasteiger partial charge in [-0.05, 0) is 32.6 Å². The predicted octanol–water partition coefficient (Wildman–Crippen LogP) is 1.98. The van der Waals surface area contributed by atoms with Crippen molar-refractivity contribution in [1.82, 2.24) is 5.32 Å². The zero-order valence-corrected chi connectivity index (χ0v) is 12.1. The maximum atomic E-state index is 5.92. The van der Waals surface area contributed by atoms with Crippen LogP contribution in [0.1, 0.15) is 39.5 Å². The lowest BCUT2D eigenvalue weighted by Gasteiger charge is -2.35. The van der Waals surface area contributed by atoms with Crippen molar-refractivity contribution in [2.24, 2.45) is 0 Å². The number of nitrogens with one attached hydrogen (secondary N) is 1. The minimum atomic E-state index is 0.355. The molecule has 3 unspecified atom stereocenters. The Balaban J connectivity index is 2.03. The van der Waals surface area contributed by atoms with E-state index in [9.17, 15) is 0 Å². The van der Waals surface area contributed by atoms with Crippen molar-refractivity contribution in [1.29, 1.82) is 0 Å². The van der Waals surface area contributed by atoms with Gasteiger partial charge in [-0.15, -0.1) is 0 Å². The molecular weight excluding hydrogens is 230 g/mol. The molecule has 0 aromatic carbocycles. The first kappa shape index (κ1) is 15.9. The maximum Gasteiger partial charge on any atom is 0.0729 e. The number of ether oxygens (including phenoxy) is 3. The van der Waals surface area contributed by atoms with Gasteiger partial charge in [0.05, 0.1) is 19.3 Å². The quantitative estimate of drug-likeness (QED) is 0.643. The summed E-state index contributed by atoms with van der Waals surface area (Å²) in [4.78, 5) is 0. The molecule has 0 aliphatic carbocycles. The molecule has 1 aliphatic heterocycles. The molecule has 0 saturated carbocycles.